The summed E-state index contributed by atoms with van der Waals surface area (Å²) in [5.74, 6) is -1.62. The van der Waals surface area contributed by atoms with Crippen LogP contribution in [-0.4, -0.2) is 17.8 Å². The van der Waals surface area contributed by atoms with E-state index in [1.807, 2.05) is 31.2 Å². The Morgan fingerprint density at radius 3 is 2.38 bits per heavy atom. The van der Waals surface area contributed by atoms with Crippen molar-refractivity contribution in [3.8, 4) is 5.75 Å². The Morgan fingerprint density at radius 2 is 1.69 bits per heavy atom. The Labute approximate surface area is 183 Å². The van der Waals surface area contributed by atoms with E-state index in [1.54, 1.807) is 24.3 Å². The Kier molecular flexibility index (Phi) is 5.81. The first kappa shape index (κ1) is 21.0. The lowest BCUT2D eigenvalue weighted by atomic mass is 10.1. The van der Waals surface area contributed by atoms with Crippen molar-refractivity contribution in [3.63, 3.8) is 0 Å². The largest absolute Gasteiger partial charge is 0.489 e. The molecule has 0 aliphatic carbocycles. The fourth-order valence-corrected chi connectivity index (χ4v) is 3.19. The maximum absolute atomic E-state index is 13.6. The molecule has 1 heterocycles. The number of imide groups is 2. The number of halogens is 1. The predicted octanol–water partition coefficient (Wildman–Crippen LogP) is 4.38. The van der Waals surface area contributed by atoms with Crippen LogP contribution in [0.2, 0.25) is 0 Å². The van der Waals surface area contributed by atoms with Crippen LogP contribution in [0, 0.1) is 12.7 Å². The van der Waals surface area contributed by atoms with Gasteiger partial charge in [-0.25, -0.2) is 14.1 Å². The third-order valence-corrected chi connectivity index (χ3v) is 4.89. The molecule has 0 radical (unpaired) electrons. The van der Waals surface area contributed by atoms with E-state index in [0.717, 1.165) is 16.5 Å². The van der Waals surface area contributed by atoms with Gasteiger partial charge in [-0.3, -0.25) is 14.9 Å². The molecule has 7 heteroatoms. The van der Waals surface area contributed by atoms with Gasteiger partial charge in [0.1, 0.15) is 23.7 Å². The summed E-state index contributed by atoms with van der Waals surface area (Å²) in [6.07, 6.45) is 1.38. The number of hydrogen-bond donors (Lipinski definition) is 1. The summed E-state index contributed by atoms with van der Waals surface area (Å²) in [7, 11) is 0. The molecule has 4 amide bonds. The highest BCUT2D eigenvalue weighted by Crippen LogP contribution is 2.23. The van der Waals surface area contributed by atoms with E-state index in [4.69, 9.17) is 4.74 Å². The van der Waals surface area contributed by atoms with Crippen molar-refractivity contribution in [2.45, 2.75) is 13.5 Å². The van der Waals surface area contributed by atoms with Gasteiger partial charge in [0, 0.05) is 0 Å². The van der Waals surface area contributed by atoms with Gasteiger partial charge < -0.3 is 4.74 Å². The average Bonchev–Trinajstić information content (AvgIpc) is 2.77. The van der Waals surface area contributed by atoms with E-state index in [9.17, 15) is 18.8 Å². The van der Waals surface area contributed by atoms with Crippen LogP contribution in [0.1, 0.15) is 16.7 Å². The zero-order chi connectivity index (χ0) is 22.7. The SMILES string of the molecule is Cc1ccc(COc2ccc(/C=C3\C(=O)NC(=O)N(c4cccc(F)c4)C3=O)cc2)cc1. The first-order valence-corrected chi connectivity index (χ1v) is 9.86. The first-order chi connectivity index (χ1) is 15.4. The lowest BCUT2D eigenvalue weighted by molar-refractivity contribution is -0.122. The maximum Gasteiger partial charge on any atom is 0.335 e. The van der Waals surface area contributed by atoms with Crippen LogP contribution in [0.25, 0.3) is 6.08 Å². The summed E-state index contributed by atoms with van der Waals surface area (Å²) in [6, 6.07) is 18.9. The zero-order valence-electron chi connectivity index (χ0n) is 17.2. The molecular formula is C25H19FN2O4. The number of ether oxygens (including phenoxy) is 1. The minimum Gasteiger partial charge on any atom is -0.489 e. The first-order valence-electron chi connectivity index (χ1n) is 9.86. The predicted molar refractivity (Wildman–Crippen MR) is 117 cm³/mol. The van der Waals surface area contributed by atoms with E-state index in [-0.39, 0.29) is 11.3 Å². The van der Waals surface area contributed by atoms with Gasteiger partial charge in [0.2, 0.25) is 0 Å². The van der Waals surface area contributed by atoms with Crippen molar-refractivity contribution in [1.29, 1.82) is 0 Å². The fraction of sp³-hybridized carbons (Fsp3) is 0.0800. The van der Waals surface area contributed by atoms with Crippen LogP contribution in [-0.2, 0) is 16.2 Å². The average molecular weight is 430 g/mol. The van der Waals surface area contributed by atoms with E-state index < -0.39 is 23.7 Å². The van der Waals surface area contributed by atoms with E-state index in [1.165, 1.54) is 29.8 Å². The summed E-state index contributed by atoms with van der Waals surface area (Å²) in [5, 5.41) is 2.11. The minimum atomic E-state index is -0.928. The van der Waals surface area contributed by atoms with Crippen molar-refractivity contribution in [1.82, 2.24) is 5.32 Å². The number of benzene rings is 3. The number of anilines is 1. The Morgan fingerprint density at radius 1 is 0.969 bits per heavy atom. The number of hydrogen-bond acceptors (Lipinski definition) is 4. The molecule has 32 heavy (non-hydrogen) atoms. The van der Waals surface area contributed by atoms with E-state index >= 15 is 0 Å². The second kappa shape index (κ2) is 8.85. The van der Waals surface area contributed by atoms with Gasteiger partial charge in [-0.15, -0.1) is 0 Å². The zero-order valence-corrected chi connectivity index (χ0v) is 17.2. The van der Waals surface area contributed by atoms with Gasteiger partial charge >= 0.3 is 6.03 Å². The summed E-state index contributed by atoms with van der Waals surface area (Å²) in [4.78, 5) is 38.0. The van der Waals surface area contributed by atoms with Crippen molar-refractivity contribution in [3.05, 3.63) is 101 Å². The quantitative estimate of drug-likeness (QED) is 0.482. The molecule has 0 bridgehead atoms. The van der Waals surface area contributed by atoms with Crippen LogP contribution in [0.4, 0.5) is 14.9 Å². The van der Waals surface area contributed by atoms with Crippen LogP contribution in [0.15, 0.2) is 78.4 Å². The summed E-state index contributed by atoms with van der Waals surface area (Å²) < 4.78 is 19.3. The third kappa shape index (κ3) is 4.57. The van der Waals surface area contributed by atoms with Crippen LogP contribution < -0.4 is 15.0 Å². The Hall–Kier alpha value is -4.26. The van der Waals surface area contributed by atoms with Crippen LogP contribution in [0.3, 0.4) is 0 Å². The van der Waals surface area contributed by atoms with Crippen molar-refractivity contribution < 1.29 is 23.5 Å². The van der Waals surface area contributed by atoms with Gasteiger partial charge in [-0.1, -0.05) is 48.0 Å². The van der Waals surface area contributed by atoms with E-state index in [0.29, 0.717) is 17.9 Å². The minimum absolute atomic E-state index is 0.0331. The number of rotatable bonds is 5. The van der Waals surface area contributed by atoms with Gasteiger partial charge in [0.25, 0.3) is 11.8 Å². The number of nitrogens with zero attached hydrogens (tertiary/aromatic N) is 1. The number of carbonyl (C=O) groups excluding carboxylic acids is 3. The summed E-state index contributed by atoms with van der Waals surface area (Å²) >= 11 is 0. The van der Waals surface area contributed by atoms with Crippen molar-refractivity contribution in [2.24, 2.45) is 0 Å². The molecule has 1 fully saturated rings. The van der Waals surface area contributed by atoms with Gasteiger partial charge in [-0.2, -0.15) is 0 Å². The number of carbonyl (C=O) groups is 3. The number of nitrogens with one attached hydrogen (secondary N) is 1. The molecule has 6 nitrogen and oxygen atoms in total. The van der Waals surface area contributed by atoms with Crippen LogP contribution >= 0.6 is 0 Å². The second-order valence-corrected chi connectivity index (χ2v) is 7.28. The van der Waals surface area contributed by atoms with Gasteiger partial charge in [0.05, 0.1) is 5.69 Å². The molecular weight excluding hydrogens is 411 g/mol. The van der Waals surface area contributed by atoms with E-state index in [2.05, 4.69) is 5.32 Å². The summed E-state index contributed by atoms with van der Waals surface area (Å²) in [5.41, 5.74) is 2.58. The number of barbiturate groups is 1. The number of urea groups is 1. The highest BCUT2D eigenvalue weighted by atomic mass is 19.1. The summed E-state index contributed by atoms with van der Waals surface area (Å²) in [6.45, 7) is 2.43. The molecule has 4 rings (SSSR count). The lowest BCUT2D eigenvalue weighted by Gasteiger charge is -2.26. The highest BCUT2D eigenvalue weighted by molar-refractivity contribution is 6.39. The molecule has 0 saturated carbocycles. The molecule has 3 aromatic rings. The number of aryl methyl sites for hydroxylation is 1. The Bertz CT molecular complexity index is 1220. The molecule has 160 valence electrons. The monoisotopic (exact) mass is 430 g/mol. The smallest absolute Gasteiger partial charge is 0.335 e. The molecule has 0 atom stereocenters. The molecule has 0 spiro atoms. The van der Waals surface area contributed by atoms with Gasteiger partial charge in [-0.05, 0) is 54.5 Å². The Balaban J connectivity index is 1.51. The van der Waals surface area contributed by atoms with Gasteiger partial charge in [0.15, 0.2) is 0 Å². The normalized spacial score (nSPS) is 15.1. The molecule has 1 aliphatic heterocycles. The highest BCUT2D eigenvalue weighted by Gasteiger charge is 2.36. The topological polar surface area (TPSA) is 75.7 Å². The molecule has 0 unspecified atom stereocenters. The molecule has 1 N–H and O–H groups in total. The molecule has 0 aromatic heterocycles. The molecule has 1 saturated heterocycles. The van der Waals surface area contributed by atoms with Crippen molar-refractivity contribution in [2.75, 3.05) is 4.90 Å². The second-order valence-electron chi connectivity index (χ2n) is 7.28. The fourth-order valence-electron chi connectivity index (χ4n) is 3.19. The maximum atomic E-state index is 13.6. The standard InChI is InChI=1S/C25H19FN2O4/c1-16-5-7-18(8-6-16)15-32-21-11-9-17(10-12-21)13-22-23(29)27-25(31)28(24(22)30)20-4-2-3-19(26)14-20/h2-14H,15H2,1H3,(H,27,29,31)/b22-13+. The molecule has 1 aliphatic rings. The number of amides is 4. The van der Waals surface area contributed by atoms with Crippen LogP contribution in [0.5, 0.6) is 5.75 Å². The van der Waals surface area contributed by atoms with Crippen molar-refractivity contribution >= 4 is 29.6 Å². The molecule has 3 aromatic carbocycles. The third-order valence-electron chi connectivity index (χ3n) is 4.89. The lowest BCUT2D eigenvalue weighted by Crippen LogP contribution is -2.54.